The maximum Gasteiger partial charge on any atom is 0.287 e. The van der Waals surface area contributed by atoms with Crippen LogP contribution >= 0.6 is 0 Å². The van der Waals surface area contributed by atoms with Crippen LogP contribution in [0.2, 0.25) is 0 Å². The second kappa shape index (κ2) is 7.98. The number of aromatic nitrogens is 2. The maximum absolute atomic E-state index is 12.9. The summed E-state index contributed by atoms with van der Waals surface area (Å²) in [5, 5.41) is 5.75. The third-order valence-electron chi connectivity index (χ3n) is 4.66. The number of nitrogens with zero attached hydrogens (tertiary/aromatic N) is 2. The standard InChI is InChI=1S/C23H20N4O2/c1-16-9-5-6-12-18(16)25-22(28)20-19-13-7-8-14-27(19)21(26-20)23(29)24-15-17-10-3-2-4-11-17/h2-14H,15H2,1H3,(H,24,29)(H,25,28). The number of anilines is 1. The number of fused-ring (bicyclic) bond motifs is 1. The predicted molar refractivity (Wildman–Crippen MR) is 112 cm³/mol. The number of aryl methyl sites for hydroxylation is 1. The van der Waals surface area contributed by atoms with Crippen LogP contribution in [0.3, 0.4) is 0 Å². The highest BCUT2D eigenvalue weighted by Gasteiger charge is 2.21. The van der Waals surface area contributed by atoms with Crippen molar-refractivity contribution in [2.75, 3.05) is 5.32 Å². The van der Waals surface area contributed by atoms with E-state index in [1.807, 2.05) is 67.6 Å². The monoisotopic (exact) mass is 384 g/mol. The zero-order valence-electron chi connectivity index (χ0n) is 15.9. The Bertz CT molecular complexity index is 1180. The first-order chi connectivity index (χ1) is 14.1. The number of nitrogens with one attached hydrogen (secondary N) is 2. The Kier molecular flexibility index (Phi) is 5.07. The molecule has 0 aliphatic heterocycles. The van der Waals surface area contributed by atoms with Gasteiger partial charge in [0.1, 0.15) is 0 Å². The lowest BCUT2D eigenvalue weighted by Crippen LogP contribution is -2.25. The number of para-hydroxylation sites is 1. The molecular weight excluding hydrogens is 364 g/mol. The van der Waals surface area contributed by atoms with Crippen LogP contribution in [0.4, 0.5) is 5.69 Å². The van der Waals surface area contributed by atoms with E-state index in [2.05, 4.69) is 15.6 Å². The van der Waals surface area contributed by atoms with Gasteiger partial charge in [-0.15, -0.1) is 0 Å². The SMILES string of the molecule is Cc1ccccc1NC(=O)c1nc(C(=O)NCc2ccccc2)n2ccccc12. The first kappa shape index (κ1) is 18.4. The molecule has 0 aliphatic rings. The Balaban J connectivity index is 1.62. The number of hydrogen-bond acceptors (Lipinski definition) is 3. The molecule has 2 aromatic carbocycles. The molecule has 0 atom stereocenters. The number of carbonyl (C=O) groups excluding carboxylic acids is 2. The lowest BCUT2D eigenvalue weighted by atomic mass is 10.2. The molecule has 0 fully saturated rings. The molecule has 6 heteroatoms. The lowest BCUT2D eigenvalue weighted by molar-refractivity contribution is 0.0940. The smallest absolute Gasteiger partial charge is 0.287 e. The molecule has 6 nitrogen and oxygen atoms in total. The van der Waals surface area contributed by atoms with Gasteiger partial charge in [-0.1, -0.05) is 54.6 Å². The Labute approximate surface area is 168 Å². The summed E-state index contributed by atoms with van der Waals surface area (Å²) in [6, 6.07) is 22.5. The topological polar surface area (TPSA) is 75.5 Å². The van der Waals surface area contributed by atoms with Crippen LogP contribution in [-0.2, 0) is 6.54 Å². The molecule has 2 heterocycles. The largest absolute Gasteiger partial charge is 0.345 e. The van der Waals surface area contributed by atoms with E-state index in [1.54, 1.807) is 22.7 Å². The van der Waals surface area contributed by atoms with Crippen molar-refractivity contribution in [2.24, 2.45) is 0 Å². The summed E-state index contributed by atoms with van der Waals surface area (Å²) >= 11 is 0. The number of hydrogen-bond donors (Lipinski definition) is 2. The highest BCUT2D eigenvalue weighted by atomic mass is 16.2. The highest BCUT2D eigenvalue weighted by molar-refractivity contribution is 6.09. The number of rotatable bonds is 5. The van der Waals surface area contributed by atoms with Crippen LogP contribution < -0.4 is 10.6 Å². The fourth-order valence-electron chi connectivity index (χ4n) is 3.12. The van der Waals surface area contributed by atoms with E-state index in [0.29, 0.717) is 17.7 Å². The minimum Gasteiger partial charge on any atom is -0.345 e. The molecule has 29 heavy (non-hydrogen) atoms. The second-order valence-electron chi connectivity index (χ2n) is 6.68. The van der Waals surface area contributed by atoms with Gasteiger partial charge in [0.2, 0.25) is 5.82 Å². The minimum absolute atomic E-state index is 0.173. The molecule has 2 N–H and O–H groups in total. The third-order valence-corrected chi connectivity index (χ3v) is 4.66. The van der Waals surface area contributed by atoms with Crippen molar-refractivity contribution in [3.05, 3.63) is 102 Å². The van der Waals surface area contributed by atoms with Crippen molar-refractivity contribution in [3.63, 3.8) is 0 Å². The van der Waals surface area contributed by atoms with Gasteiger partial charge in [0.25, 0.3) is 11.8 Å². The molecular formula is C23H20N4O2. The average Bonchev–Trinajstić information content (AvgIpc) is 3.14. The molecule has 2 amide bonds. The molecule has 0 saturated carbocycles. The summed E-state index contributed by atoms with van der Waals surface area (Å²) in [7, 11) is 0. The molecule has 0 unspecified atom stereocenters. The first-order valence-corrected chi connectivity index (χ1v) is 9.29. The Morgan fingerprint density at radius 3 is 2.41 bits per heavy atom. The number of pyridine rings is 1. The number of carbonyl (C=O) groups is 2. The van der Waals surface area contributed by atoms with E-state index < -0.39 is 0 Å². The van der Waals surface area contributed by atoms with Gasteiger partial charge in [-0.3, -0.25) is 14.0 Å². The van der Waals surface area contributed by atoms with Crippen LogP contribution in [-0.4, -0.2) is 21.2 Å². The van der Waals surface area contributed by atoms with E-state index >= 15 is 0 Å². The maximum atomic E-state index is 12.9. The van der Waals surface area contributed by atoms with E-state index in [4.69, 9.17) is 0 Å². The first-order valence-electron chi connectivity index (χ1n) is 9.29. The summed E-state index contributed by atoms with van der Waals surface area (Å²) in [4.78, 5) is 30.0. The van der Waals surface area contributed by atoms with Gasteiger partial charge < -0.3 is 10.6 Å². The van der Waals surface area contributed by atoms with Crippen molar-refractivity contribution in [1.29, 1.82) is 0 Å². The van der Waals surface area contributed by atoms with Gasteiger partial charge in [0.05, 0.1) is 5.52 Å². The van der Waals surface area contributed by atoms with Crippen LogP contribution in [0.25, 0.3) is 5.52 Å². The normalized spacial score (nSPS) is 10.7. The highest BCUT2D eigenvalue weighted by Crippen LogP contribution is 2.18. The molecule has 144 valence electrons. The summed E-state index contributed by atoms with van der Waals surface area (Å²) in [6.45, 7) is 2.30. The minimum atomic E-state index is -0.356. The molecule has 2 aromatic heterocycles. The summed E-state index contributed by atoms with van der Waals surface area (Å²) in [5.74, 6) is -0.526. The van der Waals surface area contributed by atoms with Crippen molar-refractivity contribution >= 4 is 23.0 Å². The summed E-state index contributed by atoms with van der Waals surface area (Å²) < 4.78 is 1.63. The van der Waals surface area contributed by atoms with E-state index in [0.717, 1.165) is 11.1 Å². The molecule has 4 rings (SSSR count). The van der Waals surface area contributed by atoms with Gasteiger partial charge in [-0.25, -0.2) is 4.98 Å². The van der Waals surface area contributed by atoms with E-state index in [9.17, 15) is 9.59 Å². The van der Waals surface area contributed by atoms with Crippen LogP contribution in [0.5, 0.6) is 0 Å². The van der Waals surface area contributed by atoms with Crippen LogP contribution in [0, 0.1) is 6.92 Å². The third kappa shape index (κ3) is 3.87. The quantitative estimate of drug-likeness (QED) is 0.549. The molecule has 0 spiro atoms. The van der Waals surface area contributed by atoms with E-state index in [1.165, 1.54) is 0 Å². The Morgan fingerprint density at radius 1 is 0.897 bits per heavy atom. The van der Waals surface area contributed by atoms with Crippen molar-refractivity contribution < 1.29 is 9.59 Å². The Morgan fingerprint density at radius 2 is 1.62 bits per heavy atom. The zero-order valence-corrected chi connectivity index (χ0v) is 15.9. The van der Waals surface area contributed by atoms with Crippen molar-refractivity contribution in [1.82, 2.24) is 14.7 Å². The van der Waals surface area contributed by atoms with Gasteiger partial charge in [0.15, 0.2) is 5.69 Å². The Hall–Kier alpha value is -3.93. The second-order valence-corrected chi connectivity index (χ2v) is 6.68. The lowest BCUT2D eigenvalue weighted by Gasteiger charge is -2.06. The molecule has 4 aromatic rings. The van der Waals surface area contributed by atoms with Gasteiger partial charge in [0, 0.05) is 18.4 Å². The summed E-state index contributed by atoms with van der Waals surface area (Å²) in [5.41, 5.74) is 3.43. The van der Waals surface area contributed by atoms with Gasteiger partial charge >= 0.3 is 0 Å². The average molecular weight is 384 g/mol. The zero-order chi connectivity index (χ0) is 20.2. The number of amides is 2. The van der Waals surface area contributed by atoms with Gasteiger partial charge in [-0.05, 0) is 36.2 Å². The number of benzene rings is 2. The van der Waals surface area contributed by atoms with Gasteiger partial charge in [-0.2, -0.15) is 0 Å². The number of imidazole rings is 1. The fraction of sp³-hybridized carbons (Fsp3) is 0.0870. The van der Waals surface area contributed by atoms with Crippen LogP contribution in [0.15, 0.2) is 79.0 Å². The summed E-state index contributed by atoms with van der Waals surface area (Å²) in [6.07, 6.45) is 1.73. The van der Waals surface area contributed by atoms with Crippen LogP contribution in [0.1, 0.15) is 32.2 Å². The predicted octanol–water partition coefficient (Wildman–Crippen LogP) is 3.83. The van der Waals surface area contributed by atoms with Crippen molar-refractivity contribution in [3.8, 4) is 0 Å². The van der Waals surface area contributed by atoms with Crippen molar-refractivity contribution in [2.45, 2.75) is 13.5 Å². The molecule has 0 radical (unpaired) electrons. The molecule has 0 saturated heterocycles. The van der Waals surface area contributed by atoms with E-state index in [-0.39, 0.29) is 23.3 Å². The molecule has 0 bridgehead atoms. The fourth-order valence-corrected chi connectivity index (χ4v) is 3.12. The molecule has 0 aliphatic carbocycles.